The highest BCUT2D eigenvalue weighted by molar-refractivity contribution is 8.76. The van der Waals surface area contributed by atoms with Crippen LogP contribution in [0.2, 0.25) is 0 Å². The van der Waals surface area contributed by atoms with Crippen LogP contribution in [0, 0.1) is 0 Å². The molecule has 3 nitrogen and oxygen atoms in total. The molecule has 0 aliphatic carbocycles. The maximum absolute atomic E-state index is 8.80. The third kappa shape index (κ3) is 3.46. The molecule has 1 aromatic rings. The Morgan fingerprint density at radius 3 is 3.08 bits per heavy atom. The number of anilines is 1. The number of aromatic nitrogens is 1. The van der Waals surface area contributed by atoms with E-state index in [2.05, 4.69) is 4.98 Å². The van der Waals surface area contributed by atoms with E-state index in [1.807, 2.05) is 13.0 Å². The first-order valence-corrected chi connectivity index (χ1v) is 6.10. The monoisotopic (exact) mass is 216 g/mol. The molecule has 72 valence electrons. The van der Waals surface area contributed by atoms with Gasteiger partial charge in [-0.25, -0.2) is 4.98 Å². The van der Waals surface area contributed by atoms with Gasteiger partial charge in [-0.2, -0.15) is 0 Å². The van der Waals surface area contributed by atoms with Gasteiger partial charge in [-0.1, -0.05) is 17.7 Å². The van der Waals surface area contributed by atoms with E-state index < -0.39 is 0 Å². The van der Waals surface area contributed by atoms with Gasteiger partial charge < -0.3 is 10.8 Å². The van der Waals surface area contributed by atoms with Crippen LogP contribution in [-0.4, -0.2) is 21.9 Å². The smallest absolute Gasteiger partial charge is 0.129 e. The lowest BCUT2D eigenvalue weighted by molar-refractivity contribution is 0.300. The molecule has 0 unspecified atom stereocenters. The number of hydrogen-bond donors (Lipinski definition) is 2. The normalized spacial score (nSPS) is 12.8. The van der Waals surface area contributed by atoms with Crippen LogP contribution >= 0.6 is 21.6 Å². The van der Waals surface area contributed by atoms with Crippen molar-refractivity contribution in [2.24, 2.45) is 0 Å². The van der Waals surface area contributed by atoms with Crippen molar-refractivity contribution >= 4 is 27.3 Å². The summed E-state index contributed by atoms with van der Waals surface area (Å²) in [4.78, 5) is 4.12. The molecular weight excluding hydrogens is 204 g/mol. The Labute approximate surface area is 85.5 Å². The van der Waals surface area contributed by atoms with Gasteiger partial charge in [-0.15, -0.1) is 0 Å². The zero-order valence-electron chi connectivity index (χ0n) is 7.30. The molecule has 0 aliphatic heterocycles. The van der Waals surface area contributed by atoms with Crippen molar-refractivity contribution in [3.8, 4) is 0 Å². The summed E-state index contributed by atoms with van der Waals surface area (Å²) in [5, 5.41) is 9.81. The fourth-order valence-electron chi connectivity index (χ4n) is 0.631. The third-order valence-electron chi connectivity index (χ3n) is 1.35. The van der Waals surface area contributed by atoms with E-state index in [9.17, 15) is 0 Å². The largest absolute Gasteiger partial charge is 0.397 e. The number of aliphatic hydroxyl groups excluding tert-OH is 1. The van der Waals surface area contributed by atoms with Crippen LogP contribution in [-0.2, 0) is 0 Å². The number of aliphatic hydroxyl groups is 1. The van der Waals surface area contributed by atoms with Gasteiger partial charge in [0.05, 0.1) is 12.3 Å². The number of pyridine rings is 1. The first-order chi connectivity index (χ1) is 6.24. The highest BCUT2D eigenvalue weighted by atomic mass is 33.1. The van der Waals surface area contributed by atoms with Gasteiger partial charge in [0.15, 0.2) is 0 Å². The van der Waals surface area contributed by atoms with Crippen molar-refractivity contribution in [2.45, 2.75) is 17.2 Å². The maximum atomic E-state index is 8.80. The summed E-state index contributed by atoms with van der Waals surface area (Å²) < 4.78 is 0. The first kappa shape index (κ1) is 10.7. The van der Waals surface area contributed by atoms with Crippen LogP contribution in [0.15, 0.2) is 23.4 Å². The Morgan fingerprint density at radius 2 is 2.46 bits per heavy atom. The fourth-order valence-corrected chi connectivity index (χ4v) is 2.58. The lowest BCUT2D eigenvalue weighted by Gasteiger charge is -2.06. The lowest BCUT2D eigenvalue weighted by Crippen LogP contribution is -1.99. The minimum Gasteiger partial charge on any atom is -0.397 e. The minimum atomic E-state index is 0.171. The SMILES string of the molecule is C[C@H](CO)SSc1ncccc1N. The molecule has 1 aromatic heterocycles. The van der Waals surface area contributed by atoms with Crippen LogP contribution in [0.3, 0.4) is 0 Å². The number of nitrogens with two attached hydrogens (primary N) is 1. The van der Waals surface area contributed by atoms with Crippen molar-refractivity contribution in [1.82, 2.24) is 4.98 Å². The van der Waals surface area contributed by atoms with Gasteiger partial charge in [0.1, 0.15) is 5.03 Å². The molecule has 0 aliphatic rings. The highest BCUT2D eigenvalue weighted by Crippen LogP contribution is 2.35. The van der Waals surface area contributed by atoms with Gasteiger partial charge in [0.25, 0.3) is 0 Å². The Hall–Kier alpha value is -0.390. The molecular formula is C8H12N2OS2. The molecule has 1 atom stereocenters. The summed E-state index contributed by atoms with van der Waals surface area (Å²) >= 11 is 0. The summed E-state index contributed by atoms with van der Waals surface area (Å²) in [6.45, 7) is 2.13. The molecule has 0 aromatic carbocycles. The Kier molecular flexibility index (Phi) is 4.41. The van der Waals surface area contributed by atoms with E-state index in [1.165, 1.54) is 10.8 Å². The molecule has 0 radical (unpaired) electrons. The molecule has 0 saturated carbocycles. The first-order valence-electron chi connectivity index (χ1n) is 3.88. The average molecular weight is 216 g/mol. The Morgan fingerprint density at radius 1 is 1.69 bits per heavy atom. The van der Waals surface area contributed by atoms with Crippen molar-refractivity contribution in [3.63, 3.8) is 0 Å². The quantitative estimate of drug-likeness (QED) is 0.751. The summed E-state index contributed by atoms with van der Waals surface area (Å²) in [5.74, 6) is 0. The van der Waals surface area contributed by atoms with Gasteiger partial charge in [0.2, 0.25) is 0 Å². The maximum Gasteiger partial charge on any atom is 0.129 e. The summed E-state index contributed by atoms with van der Waals surface area (Å²) in [6, 6.07) is 3.62. The topological polar surface area (TPSA) is 59.1 Å². The fraction of sp³-hybridized carbons (Fsp3) is 0.375. The van der Waals surface area contributed by atoms with Crippen LogP contribution in [0.5, 0.6) is 0 Å². The highest BCUT2D eigenvalue weighted by Gasteiger charge is 2.05. The van der Waals surface area contributed by atoms with Gasteiger partial charge in [-0.3, -0.25) is 0 Å². The predicted molar refractivity (Wildman–Crippen MR) is 58.6 cm³/mol. The van der Waals surface area contributed by atoms with E-state index in [1.54, 1.807) is 23.1 Å². The number of hydrogen-bond acceptors (Lipinski definition) is 5. The van der Waals surface area contributed by atoms with Crippen LogP contribution in [0.25, 0.3) is 0 Å². The van der Waals surface area contributed by atoms with E-state index in [-0.39, 0.29) is 11.9 Å². The summed E-state index contributed by atoms with van der Waals surface area (Å²) in [7, 11) is 3.07. The molecule has 0 amide bonds. The lowest BCUT2D eigenvalue weighted by atomic mass is 10.4. The standard InChI is InChI=1S/C8H12N2OS2/c1-6(5-11)12-13-8-7(9)3-2-4-10-8/h2-4,6,11H,5,9H2,1H3/t6-/m1/s1. The van der Waals surface area contributed by atoms with Crippen molar-refractivity contribution < 1.29 is 5.11 Å². The molecule has 0 fully saturated rings. The Bertz CT molecular complexity index is 270. The number of nitrogen functional groups attached to an aromatic ring is 1. The predicted octanol–water partition coefficient (Wildman–Crippen LogP) is 1.78. The molecule has 13 heavy (non-hydrogen) atoms. The second kappa shape index (κ2) is 5.36. The van der Waals surface area contributed by atoms with E-state index in [0.717, 1.165) is 5.03 Å². The summed E-state index contributed by atoms with van der Waals surface area (Å²) in [6.07, 6.45) is 1.71. The molecule has 3 N–H and O–H groups in total. The van der Waals surface area contributed by atoms with Crippen LogP contribution in [0.1, 0.15) is 6.92 Å². The second-order valence-corrected chi connectivity index (χ2v) is 5.20. The molecule has 0 bridgehead atoms. The molecule has 1 rings (SSSR count). The molecule has 0 saturated heterocycles. The Balaban J connectivity index is 2.50. The molecule has 1 heterocycles. The number of rotatable bonds is 4. The van der Waals surface area contributed by atoms with Crippen molar-refractivity contribution in [3.05, 3.63) is 18.3 Å². The zero-order valence-corrected chi connectivity index (χ0v) is 8.94. The minimum absolute atomic E-state index is 0.171. The second-order valence-electron chi connectivity index (χ2n) is 2.57. The van der Waals surface area contributed by atoms with E-state index in [0.29, 0.717) is 5.69 Å². The van der Waals surface area contributed by atoms with Crippen LogP contribution < -0.4 is 5.73 Å². The zero-order chi connectivity index (χ0) is 9.68. The third-order valence-corrected chi connectivity index (χ3v) is 4.17. The van der Waals surface area contributed by atoms with E-state index >= 15 is 0 Å². The van der Waals surface area contributed by atoms with Gasteiger partial charge in [-0.05, 0) is 22.9 Å². The van der Waals surface area contributed by atoms with Crippen molar-refractivity contribution in [1.29, 1.82) is 0 Å². The van der Waals surface area contributed by atoms with Gasteiger partial charge in [0, 0.05) is 11.4 Å². The number of nitrogens with zero attached hydrogens (tertiary/aromatic N) is 1. The van der Waals surface area contributed by atoms with E-state index in [4.69, 9.17) is 10.8 Å². The van der Waals surface area contributed by atoms with Gasteiger partial charge >= 0.3 is 0 Å². The molecule has 5 heteroatoms. The molecule has 0 spiro atoms. The van der Waals surface area contributed by atoms with Crippen LogP contribution in [0.4, 0.5) is 5.69 Å². The summed E-state index contributed by atoms with van der Waals surface area (Å²) in [5.41, 5.74) is 6.37. The van der Waals surface area contributed by atoms with Crippen molar-refractivity contribution in [2.75, 3.05) is 12.3 Å². The average Bonchev–Trinajstić information content (AvgIpc) is 2.16.